The second kappa shape index (κ2) is 5.42. The minimum Gasteiger partial charge on any atom is -0.381 e. The molecule has 1 atom stereocenters. The normalized spacial score (nSPS) is 21.5. The molecule has 94 valence electrons. The molecule has 2 N–H and O–H groups in total. The molecule has 17 heavy (non-hydrogen) atoms. The number of piperazine rings is 1. The van der Waals surface area contributed by atoms with Crippen LogP contribution in [-0.2, 0) is 0 Å². The Balaban J connectivity index is 1.88. The fourth-order valence-electron chi connectivity index (χ4n) is 1.99. The zero-order valence-corrected chi connectivity index (χ0v) is 9.84. The summed E-state index contributed by atoms with van der Waals surface area (Å²) < 4.78 is 26.1. The summed E-state index contributed by atoms with van der Waals surface area (Å²) >= 11 is 0. The molecule has 1 heterocycles. The molecular weight excluding hydrogens is 224 g/mol. The first-order valence-corrected chi connectivity index (χ1v) is 5.76. The van der Waals surface area contributed by atoms with E-state index in [0.717, 1.165) is 25.7 Å². The third-order valence-electron chi connectivity index (χ3n) is 2.93. The minimum absolute atomic E-state index is 0.290. The molecular formula is C12H17F2N3. The van der Waals surface area contributed by atoms with Gasteiger partial charge in [-0.1, -0.05) is 0 Å². The van der Waals surface area contributed by atoms with Crippen LogP contribution < -0.4 is 10.6 Å². The van der Waals surface area contributed by atoms with Crippen LogP contribution in [0.3, 0.4) is 0 Å². The van der Waals surface area contributed by atoms with Crippen molar-refractivity contribution in [1.29, 1.82) is 0 Å². The molecule has 0 amide bonds. The number of benzene rings is 1. The van der Waals surface area contributed by atoms with Crippen molar-refractivity contribution in [3.05, 3.63) is 29.8 Å². The minimum atomic E-state index is -0.552. The van der Waals surface area contributed by atoms with Gasteiger partial charge in [-0.25, -0.2) is 8.78 Å². The summed E-state index contributed by atoms with van der Waals surface area (Å²) in [7, 11) is 2.06. The number of hydrogen-bond acceptors (Lipinski definition) is 3. The molecule has 0 saturated carbocycles. The van der Waals surface area contributed by atoms with Crippen molar-refractivity contribution in [2.24, 2.45) is 0 Å². The molecule has 1 aromatic carbocycles. The first-order valence-electron chi connectivity index (χ1n) is 5.76. The van der Waals surface area contributed by atoms with Crippen LogP contribution in [-0.4, -0.2) is 44.2 Å². The van der Waals surface area contributed by atoms with Crippen LogP contribution in [0, 0.1) is 11.6 Å². The van der Waals surface area contributed by atoms with E-state index in [9.17, 15) is 8.78 Å². The van der Waals surface area contributed by atoms with E-state index in [1.807, 2.05) is 0 Å². The van der Waals surface area contributed by atoms with Crippen molar-refractivity contribution in [2.75, 3.05) is 38.5 Å². The lowest BCUT2D eigenvalue weighted by atomic mass is 10.2. The molecule has 1 aromatic rings. The Hall–Kier alpha value is -1.20. The summed E-state index contributed by atoms with van der Waals surface area (Å²) in [6.45, 7) is 3.53. The molecule has 0 radical (unpaired) electrons. The van der Waals surface area contributed by atoms with Crippen LogP contribution in [0.5, 0.6) is 0 Å². The van der Waals surface area contributed by atoms with E-state index in [-0.39, 0.29) is 0 Å². The predicted molar refractivity (Wildman–Crippen MR) is 64.1 cm³/mol. The molecule has 1 aliphatic rings. The molecule has 1 aliphatic heterocycles. The molecule has 3 nitrogen and oxygen atoms in total. The molecule has 0 aliphatic carbocycles. The zero-order valence-electron chi connectivity index (χ0n) is 9.84. The van der Waals surface area contributed by atoms with Crippen molar-refractivity contribution in [1.82, 2.24) is 10.2 Å². The quantitative estimate of drug-likeness (QED) is 0.835. The maximum Gasteiger partial charge on any atom is 0.149 e. The van der Waals surface area contributed by atoms with Crippen molar-refractivity contribution in [3.8, 4) is 0 Å². The van der Waals surface area contributed by atoms with Crippen LogP contribution >= 0.6 is 0 Å². The second-order valence-electron chi connectivity index (χ2n) is 4.42. The molecule has 1 saturated heterocycles. The van der Waals surface area contributed by atoms with Crippen molar-refractivity contribution in [2.45, 2.75) is 6.04 Å². The maximum absolute atomic E-state index is 13.3. The van der Waals surface area contributed by atoms with E-state index in [0.29, 0.717) is 18.3 Å². The zero-order chi connectivity index (χ0) is 12.3. The van der Waals surface area contributed by atoms with Crippen molar-refractivity contribution in [3.63, 3.8) is 0 Å². The Morgan fingerprint density at radius 1 is 1.47 bits per heavy atom. The Bertz CT molecular complexity index is 384. The number of likely N-dealkylation sites (N-methyl/N-ethyl adjacent to an activating group) is 1. The van der Waals surface area contributed by atoms with Gasteiger partial charge in [-0.2, -0.15) is 0 Å². The van der Waals surface area contributed by atoms with Gasteiger partial charge < -0.3 is 15.5 Å². The van der Waals surface area contributed by atoms with Crippen LogP contribution in [0.1, 0.15) is 0 Å². The molecule has 0 bridgehead atoms. The predicted octanol–water partition coefficient (Wildman–Crippen LogP) is 1.28. The fourth-order valence-corrected chi connectivity index (χ4v) is 1.99. The van der Waals surface area contributed by atoms with Gasteiger partial charge in [0.25, 0.3) is 0 Å². The maximum atomic E-state index is 13.3. The van der Waals surface area contributed by atoms with Gasteiger partial charge in [0.2, 0.25) is 0 Å². The third kappa shape index (κ3) is 3.38. The van der Waals surface area contributed by atoms with Crippen molar-refractivity contribution >= 4 is 5.69 Å². The average Bonchev–Trinajstić information content (AvgIpc) is 2.28. The van der Waals surface area contributed by atoms with E-state index in [1.165, 1.54) is 12.1 Å². The summed E-state index contributed by atoms with van der Waals surface area (Å²) in [5.41, 5.74) is 0.349. The molecule has 0 spiro atoms. The summed E-state index contributed by atoms with van der Waals surface area (Å²) in [6.07, 6.45) is 0. The summed E-state index contributed by atoms with van der Waals surface area (Å²) in [5.74, 6) is -1.10. The lowest BCUT2D eigenvalue weighted by molar-refractivity contribution is 0.244. The third-order valence-corrected chi connectivity index (χ3v) is 2.93. The van der Waals surface area contributed by atoms with Gasteiger partial charge in [0, 0.05) is 38.3 Å². The first kappa shape index (κ1) is 12.3. The van der Waals surface area contributed by atoms with E-state index >= 15 is 0 Å². The lowest BCUT2D eigenvalue weighted by Gasteiger charge is -2.31. The van der Waals surface area contributed by atoms with E-state index in [1.54, 1.807) is 0 Å². The first-order chi connectivity index (χ1) is 8.15. The molecule has 1 fully saturated rings. The van der Waals surface area contributed by atoms with Gasteiger partial charge in [0.1, 0.15) is 11.6 Å². The highest BCUT2D eigenvalue weighted by molar-refractivity contribution is 5.44. The highest BCUT2D eigenvalue weighted by atomic mass is 19.1. The SMILES string of the molecule is CN1CCNC(CNc2ccc(F)cc2F)C1. The van der Waals surface area contributed by atoms with Crippen LogP contribution in [0.2, 0.25) is 0 Å². The Morgan fingerprint density at radius 3 is 3.00 bits per heavy atom. The number of nitrogens with zero attached hydrogens (tertiary/aromatic N) is 1. The number of nitrogens with one attached hydrogen (secondary N) is 2. The van der Waals surface area contributed by atoms with Crippen LogP contribution in [0.4, 0.5) is 14.5 Å². The smallest absolute Gasteiger partial charge is 0.149 e. The summed E-state index contributed by atoms with van der Waals surface area (Å²) in [4.78, 5) is 2.23. The standard InChI is InChI=1S/C12H17F2N3/c1-17-5-4-15-10(8-17)7-16-12-3-2-9(13)6-11(12)14/h2-3,6,10,15-16H,4-5,7-8H2,1H3. The molecule has 1 unspecified atom stereocenters. The molecule has 5 heteroatoms. The van der Waals surface area contributed by atoms with Gasteiger partial charge in [0.15, 0.2) is 0 Å². The van der Waals surface area contributed by atoms with Crippen LogP contribution in [0.25, 0.3) is 0 Å². The summed E-state index contributed by atoms with van der Waals surface area (Å²) in [5, 5.41) is 6.35. The summed E-state index contributed by atoms with van der Waals surface area (Å²) in [6, 6.07) is 3.87. The van der Waals surface area contributed by atoms with Crippen molar-refractivity contribution < 1.29 is 8.78 Å². The van der Waals surface area contributed by atoms with E-state index < -0.39 is 11.6 Å². The highest BCUT2D eigenvalue weighted by Crippen LogP contribution is 2.14. The second-order valence-corrected chi connectivity index (χ2v) is 4.42. The number of hydrogen-bond donors (Lipinski definition) is 2. The number of halogens is 2. The largest absolute Gasteiger partial charge is 0.381 e. The fraction of sp³-hybridized carbons (Fsp3) is 0.500. The van der Waals surface area contributed by atoms with Gasteiger partial charge in [-0.15, -0.1) is 0 Å². The van der Waals surface area contributed by atoms with E-state index in [4.69, 9.17) is 0 Å². The monoisotopic (exact) mass is 241 g/mol. The molecule has 2 rings (SSSR count). The Labute approximate surface area is 99.8 Å². The topological polar surface area (TPSA) is 27.3 Å². The van der Waals surface area contributed by atoms with Gasteiger partial charge in [-0.3, -0.25) is 0 Å². The van der Waals surface area contributed by atoms with Gasteiger partial charge in [-0.05, 0) is 19.2 Å². The van der Waals surface area contributed by atoms with Gasteiger partial charge in [0.05, 0.1) is 5.69 Å². The Morgan fingerprint density at radius 2 is 2.29 bits per heavy atom. The Kier molecular flexibility index (Phi) is 3.91. The number of anilines is 1. The average molecular weight is 241 g/mol. The highest BCUT2D eigenvalue weighted by Gasteiger charge is 2.16. The van der Waals surface area contributed by atoms with Crippen LogP contribution in [0.15, 0.2) is 18.2 Å². The lowest BCUT2D eigenvalue weighted by Crippen LogP contribution is -2.51. The van der Waals surface area contributed by atoms with Gasteiger partial charge >= 0.3 is 0 Å². The number of rotatable bonds is 3. The van der Waals surface area contributed by atoms with E-state index in [2.05, 4.69) is 22.6 Å². The molecule has 0 aromatic heterocycles.